The van der Waals surface area contributed by atoms with E-state index < -0.39 is 0 Å². The lowest BCUT2D eigenvalue weighted by Crippen LogP contribution is -2.41. The Bertz CT molecular complexity index is 416. The molecule has 0 N–H and O–H groups in total. The summed E-state index contributed by atoms with van der Waals surface area (Å²) in [4.78, 5) is 15.8. The van der Waals surface area contributed by atoms with Crippen LogP contribution in [0.25, 0.3) is 0 Å². The van der Waals surface area contributed by atoms with Gasteiger partial charge in [-0.1, -0.05) is 30.3 Å². The average Bonchev–Trinajstić information content (AvgIpc) is 2.48. The van der Waals surface area contributed by atoms with Crippen molar-refractivity contribution in [3.8, 4) is 0 Å². The van der Waals surface area contributed by atoms with E-state index in [9.17, 15) is 4.79 Å². The molecule has 0 saturated carbocycles. The molecule has 2 rings (SSSR count). The van der Waals surface area contributed by atoms with E-state index in [0.717, 1.165) is 39.0 Å². The maximum Gasteiger partial charge on any atom is 0.237 e. The molecule has 0 aliphatic carbocycles. The molecule has 1 saturated heterocycles. The molecular formula is C16H23ClN2O. The summed E-state index contributed by atoms with van der Waals surface area (Å²) in [5, 5.41) is 0. The van der Waals surface area contributed by atoms with E-state index in [1.807, 2.05) is 11.0 Å². The topological polar surface area (TPSA) is 23.6 Å². The summed E-state index contributed by atoms with van der Waals surface area (Å²) in [5.41, 5.74) is 1.35. The van der Waals surface area contributed by atoms with Crippen LogP contribution in [0.1, 0.15) is 18.4 Å². The fourth-order valence-corrected chi connectivity index (χ4v) is 3.02. The van der Waals surface area contributed by atoms with Crippen LogP contribution >= 0.6 is 11.6 Å². The van der Waals surface area contributed by atoms with Gasteiger partial charge in [-0.25, -0.2) is 0 Å². The first-order chi connectivity index (χ1) is 9.69. The van der Waals surface area contributed by atoms with Crippen LogP contribution in [0.3, 0.4) is 0 Å². The van der Waals surface area contributed by atoms with Gasteiger partial charge in [-0.2, -0.15) is 0 Å². The number of carbonyl (C=O) groups is 1. The Morgan fingerprint density at radius 2 is 1.95 bits per heavy atom. The van der Waals surface area contributed by atoms with Crippen LogP contribution in [0.5, 0.6) is 0 Å². The molecule has 1 amide bonds. The number of alkyl halides is 1. The number of hydrogen-bond acceptors (Lipinski definition) is 2. The zero-order chi connectivity index (χ0) is 14.4. The van der Waals surface area contributed by atoms with Gasteiger partial charge in [0.25, 0.3) is 0 Å². The molecule has 1 aliphatic heterocycles. The minimum Gasteiger partial charge on any atom is -0.342 e. The first-order valence-corrected chi connectivity index (χ1v) is 7.78. The number of benzene rings is 1. The Labute approximate surface area is 126 Å². The number of amides is 1. The number of halogens is 1. The van der Waals surface area contributed by atoms with E-state index in [1.54, 1.807) is 0 Å². The minimum atomic E-state index is 0.0720. The van der Waals surface area contributed by atoms with Gasteiger partial charge in [0.15, 0.2) is 0 Å². The van der Waals surface area contributed by atoms with E-state index >= 15 is 0 Å². The standard InChI is InChI=1S/C16H23ClN2O/c1-18(12-14-5-3-2-4-6-14)13-15-7-9-19(10-8-15)16(20)11-17/h2-6,15H,7-13H2,1H3. The molecule has 1 aromatic rings. The molecule has 0 unspecified atom stereocenters. The van der Waals surface area contributed by atoms with Crippen molar-refractivity contribution in [2.24, 2.45) is 5.92 Å². The maximum absolute atomic E-state index is 11.5. The SMILES string of the molecule is CN(Cc1ccccc1)CC1CCN(C(=O)CCl)CC1. The molecule has 0 radical (unpaired) electrons. The first-order valence-electron chi connectivity index (χ1n) is 7.25. The van der Waals surface area contributed by atoms with E-state index in [0.29, 0.717) is 5.92 Å². The lowest BCUT2D eigenvalue weighted by atomic mass is 9.96. The molecule has 0 spiro atoms. The highest BCUT2D eigenvalue weighted by atomic mass is 35.5. The van der Waals surface area contributed by atoms with E-state index in [1.165, 1.54) is 5.56 Å². The summed E-state index contributed by atoms with van der Waals surface area (Å²) in [7, 11) is 2.17. The van der Waals surface area contributed by atoms with Gasteiger partial charge in [0.2, 0.25) is 5.91 Å². The van der Waals surface area contributed by atoms with Crippen molar-refractivity contribution >= 4 is 17.5 Å². The van der Waals surface area contributed by atoms with Crippen molar-refractivity contribution in [2.75, 3.05) is 32.6 Å². The molecule has 1 heterocycles. The van der Waals surface area contributed by atoms with E-state index in [-0.39, 0.29) is 11.8 Å². The molecular weight excluding hydrogens is 272 g/mol. The zero-order valence-corrected chi connectivity index (χ0v) is 12.9. The lowest BCUT2D eigenvalue weighted by Gasteiger charge is -2.33. The van der Waals surface area contributed by atoms with Gasteiger partial charge in [-0.3, -0.25) is 4.79 Å². The zero-order valence-electron chi connectivity index (χ0n) is 12.1. The number of nitrogens with zero attached hydrogens (tertiary/aromatic N) is 2. The number of carbonyl (C=O) groups excluding carboxylic acids is 1. The van der Waals surface area contributed by atoms with Crippen LogP contribution in [0.15, 0.2) is 30.3 Å². The molecule has 4 heteroatoms. The van der Waals surface area contributed by atoms with Crippen LogP contribution in [0.2, 0.25) is 0 Å². The molecule has 0 atom stereocenters. The summed E-state index contributed by atoms with van der Waals surface area (Å²) in [6.45, 7) is 3.80. The summed E-state index contributed by atoms with van der Waals surface area (Å²) in [6.07, 6.45) is 2.17. The Hall–Kier alpha value is -1.06. The third kappa shape index (κ3) is 4.50. The second-order valence-electron chi connectivity index (χ2n) is 5.64. The molecule has 1 aromatic carbocycles. The predicted octanol–water partition coefficient (Wildman–Crippen LogP) is 2.60. The van der Waals surface area contributed by atoms with Crippen LogP contribution in [0.4, 0.5) is 0 Å². The Balaban J connectivity index is 1.74. The van der Waals surface area contributed by atoms with Crippen molar-refractivity contribution in [2.45, 2.75) is 19.4 Å². The molecule has 20 heavy (non-hydrogen) atoms. The summed E-state index contributed by atoms with van der Waals surface area (Å²) >= 11 is 5.60. The van der Waals surface area contributed by atoms with Crippen LogP contribution in [0, 0.1) is 5.92 Å². The first kappa shape index (κ1) is 15.3. The molecule has 1 aliphatic rings. The normalized spacial score (nSPS) is 16.6. The largest absolute Gasteiger partial charge is 0.342 e. The summed E-state index contributed by atoms with van der Waals surface area (Å²) in [6, 6.07) is 10.5. The van der Waals surface area contributed by atoms with Crippen molar-refractivity contribution in [3.05, 3.63) is 35.9 Å². The predicted molar refractivity (Wildman–Crippen MR) is 82.8 cm³/mol. The fourth-order valence-electron chi connectivity index (χ4n) is 2.85. The van der Waals surface area contributed by atoms with Gasteiger partial charge in [0.05, 0.1) is 0 Å². The maximum atomic E-state index is 11.5. The molecule has 3 nitrogen and oxygen atoms in total. The van der Waals surface area contributed by atoms with Crippen molar-refractivity contribution in [1.29, 1.82) is 0 Å². The quantitative estimate of drug-likeness (QED) is 0.780. The van der Waals surface area contributed by atoms with E-state index in [4.69, 9.17) is 11.6 Å². The van der Waals surface area contributed by atoms with Gasteiger partial charge in [-0.15, -0.1) is 11.6 Å². The van der Waals surface area contributed by atoms with Gasteiger partial charge in [-0.05, 0) is 31.4 Å². The van der Waals surface area contributed by atoms with Gasteiger partial charge in [0.1, 0.15) is 5.88 Å². The van der Waals surface area contributed by atoms with Crippen LogP contribution in [-0.2, 0) is 11.3 Å². The third-order valence-electron chi connectivity index (χ3n) is 3.95. The number of rotatable bonds is 5. The molecule has 1 fully saturated rings. The van der Waals surface area contributed by atoms with Crippen LogP contribution in [-0.4, -0.2) is 48.3 Å². The number of hydrogen-bond donors (Lipinski definition) is 0. The Kier molecular flexibility index (Phi) is 5.86. The highest BCUT2D eigenvalue weighted by molar-refractivity contribution is 6.27. The molecule has 110 valence electrons. The number of piperidine rings is 1. The second-order valence-corrected chi connectivity index (χ2v) is 5.91. The van der Waals surface area contributed by atoms with Gasteiger partial charge < -0.3 is 9.80 Å². The minimum absolute atomic E-state index is 0.0720. The van der Waals surface area contributed by atoms with Gasteiger partial charge >= 0.3 is 0 Å². The van der Waals surface area contributed by atoms with Crippen molar-refractivity contribution in [1.82, 2.24) is 9.80 Å². The second kappa shape index (κ2) is 7.65. The summed E-state index contributed by atoms with van der Waals surface area (Å²) in [5.74, 6) is 0.865. The lowest BCUT2D eigenvalue weighted by molar-refractivity contribution is -0.129. The highest BCUT2D eigenvalue weighted by Crippen LogP contribution is 2.19. The van der Waals surface area contributed by atoms with Crippen LogP contribution < -0.4 is 0 Å². The van der Waals surface area contributed by atoms with Crippen molar-refractivity contribution < 1.29 is 4.79 Å². The third-order valence-corrected chi connectivity index (χ3v) is 4.18. The van der Waals surface area contributed by atoms with E-state index in [2.05, 4.69) is 36.2 Å². The smallest absolute Gasteiger partial charge is 0.237 e. The Morgan fingerprint density at radius 3 is 2.55 bits per heavy atom. The van der Waals surface area contributed by atoms with Crippen molar-refractivity contribution in [3.63, 3.8) is 0 Å². The summed E-state index contributed by atoms with van der Waals surface area (Å²) < 4.78 is 0. The Morgan fingerprint density at radius 1 is 1.30 bits per heavy atom. The highest BCUT2D eigenvalue weighted by Gasteiger charge is 2.22. The molecule has 0 bridgehead atoms. The number of likely N-dealkylation sites (tertiary alicyclic amines) is 1. The monoisotopic (exact) mass is 294 g/mol. The fraction of sp³-hybridized carbons (Fsp3) is 0.562. The molecule has 0 aromatic heterocycles. The van der Waals surface area contributed by atoms with Gasteiger partial charge in [0, 0.05) is 26.2 Å². The average molecular weight is 295 g/mol.